The largest absolute Gasteiger partial charge is 0.466 e. The Morgan fingerprint density at radius 3 is 2.35 bits per heavy atom. The number of carbonyl (C=O) groups is 2. The van der Waals surface area contributed by atoms with Crippen LogP contribution in [0, 0.1) is 0 Å². The zero-order valence-corrected chi connectivity index (χ0v) is 10.1. The van der Waals surface area contributed by atoms with Crippen molar-refractivity contribution in [3.63, 3.8) is 0 Å². The molecule has 0 spiro atoms. The van der Waals surface area contributed by atoms with E-state index in [9.17, 15) is 9.59 Å². The highest BCUT2D eigenvalue weighted by Crippen LogP contribution is 2.21. The molecule has 0 N–H and O–H groups in total. The second kappa shape index (κ2) is 6.89. The average molecular weight is 238 g/mol. The normalized spacial score (nSPS) is 17.4. The smallest absolute Gasteiger partial charge is 0.333 e. The van der Waals surface area contributed by atoms with Gasteiger partial charge in [-0.15, -0.1) is 0 Å². The van der Waals surface area contributed by atoms with Crippen LogP contribution in [0.2, 0.25) is 0 Å². The Morgan fingerprint density at radius 2 is 2.12 bits per heavy atom. The Balaban J connectivity index is 0.000000171. The van der Waals surface area contributed by atoms with Crippen molar-refractivity contribution in [2.45, 2.75) is 38.2 Å². The molecule has 2 aliphatic rings. The zero-order chi connectivity index (χ0) is 12.7. The first kappa shape index (κ1) is 13.5. The van der Waals surface area contributed by atoms with Gasteiger partial charge in [-0.25, -0.2) is 9.59 Å². The topological polar surface area (TPSA) is 52.6 Å². The number of allylic oxidation sites excluding steroid dienone is 1. The Kier molecular flexibility index (Phi) is 5.46. The molecule has 0 heterocycles. The lowest BCUT2D eigenvalue weighted by Crippen LogP contribution is -2.23. The summed E-state index contributed by atoms with van der Waals surface area (Å²) in [6.07, 6.45) is 8.46. The van der Waals surface area contributed by atoms with Gasteiger partial charge in [-0.1, -0.05) is 12.7 Å². The molecular formula is C13H18O4. The summed E-state index contributed by atoms with van der Waals surface area (Å²) in [6.45, 7) is 3.30. The van der Waals surface area contributed by atoms with E-state index in [4.69, 9.17) is 4.74 Å². The molecule has 0 amide bonds. The van der Waals surface area contributed by atoms with Gasteiger partial charge in [-0.3, -0.25) is 0 Å². The van der Waals surface area contributed by atoms with Crippen LogP contribution in [0.1, 0.15) is 32.1 Å². The molecule has 2 aliphatic carbocycles. The van der Waals surface area contributed by atoms with Gasteiger partial charge in [0.2, 0.25) is 0 Å². The fraction of sp³-hybridized carbons (Fsp3) is 0.538. The monoisotopic (exact) mass is 238 g/mol. The maximum atomic E-state index is 10.5. The lowest BCUT2D eigenvalue weighted by atomic mass is 9.96. The average Bonchev–Trinajstić information content (AvgIpc) is 2.21. The van der Waals surface area contributed by atoms with Gasteiger partial charge in [0.15, 0.2) is 0 Å². The number of ether oxygens (including phenoxy) is 2. The molecule has 0 unspecified atom stereocenters. The van der Waals surface area contributed by atoms with E-state index in [1.54, 1.807) is 0 Å². The molecule has 0 radical (unpaired) electrons. The fourth-order valence-electron chi connectivity index (χ4n) is 1.31. The van der Waals surface area contributed by atoms with Gasteiger partial charge in [0, 0.05) is 11.6 Å². The Bertz CT molecular complexity index is 326. The van der Waals surface area contributed by atoms with Crippen LogP contribution >= 0.6 is 0 Å². The van der Waals surface area contributed by atoms with Gasteiger partial charge in [-0.05, 0) is 32.1 Å². The molecule has 2 rings (SSSR count). The van der Waals surface area contributed by atoms with Gasteiger partial charge in [0.05, 0.1) is 7.11 Å². The van der Waals surface area contributed by atoms with Crippen LogP contribution in [0.3, 0.4) is 0 Å². The number of esters is 2. The minimum absolute atomic E-state index is 0.170. The van der Waals surface area contributed by atoms with Gasteiger partial charge in [-0.2, -0.15) is 0 Å². The van der Waals surface area contributed by atoms with E-state index in [1.807, 2.05) is 6.08 Å². The minimum Gasteiger partial charge on any atom is -0.466 e. The predicted octanol–water partition coefficient (Wildman–Crippen LogP) is 2.15. The summed E-state index contributed by atoms with van der Waals surface area (Å²) in [5, 5.41) is 0. The number of methoxy groups -OCH3 is 1. The Morgan fingerprint density at radius 1 is 1.47 bits per heavy atom. The molecule has 0 aliphatic heterocycles. The summed E-state index contributed by atoms with van der Waals surface area (Å²) in [5.74, 6) is -0.462. The maximum Gasteiger partial charge on any atom is 0.333 e. The van der Waals surface area contributed by atoms with Gasteiger partial charge in [0.25, 0.3) is 0 Å². The molecule has 4 heteroatoms. The van der Waals surface area contributed by atoms with Crippen molar-refractivity contribution < 1.29 is 19.1 Å². The van der Waals surface area contributed by atoms with Gasteiger partial charge in [0.1, 0.15) is 6.10 Å². The quantitative estimate of drug-likeness (QED) is 0.558. The summed E-state index contributed by atoms with van der Waals surface area (Å²) >= 11 is 0. The highest BCUT2D eigenvalue weighted by molar-refractivity contribution is 5.89. The van der Waals surface area contributed by atoms with E-state index in [0.717, 1.165) is 31.3 Å². The highest BCUT2D eigenvalue weighted by Gasteiger charge is 2.19. The first-order valence-corrected chi connectivity index (χ1v) is 5.77. The third-order valence-corrected chi connectivity index (χ3v) is 2.75. The number of hydrogen-bond donors (Lipinski definition) is 0. The van der Waals surface area contributed by atoms with Crippen LogP contribution in [0.5, 0.6) is 0 Å². The van der Waals surface area contributed by atoms with Crippen LogP contribution in [0.25, 0.3) is 0 Å². The van der Waals surface area contributed by atoms with Crippen molar-refractivity contribution in [2.75, 3.05) is 7.11 Å². The number of hydrogen-bond acceptors (Lipinski definition) is 4. The van der Waals surface area contributed by atoms with Crippen molar-refractivity contribution in [3.8, 4) is 0 Å². The second-order valence-electron chi connectivity index (χ2n) is 3.95. The summed E-state index contributed by atoms with van der Waals surface area (Å²) in [6, 6.07) is 0. The summed E-state index contributed by atoms with van der Waals surface area (Å²) in [7, 11) is 1.40. The van der Waals surface area contributed by atoms with E-state index in [2.05, 4.69) is 11.3 Å². The molecule has 17 heavy (non-hydrogen) atoms. The third kappa shape index (κ3) is 4.43. The lowest BCUT2D eigenvalue weighted by Gasteiger charge is -2.24. The van der Waals surface area contributed by atoms with Crippen molar-refractivity contribution >= 4 is 11.9 Å². The molecule has 0 bridgehead atoms. The first-order valence-electron chi connectivity index (χ1n) is 5.77. The fourth-order valence-corrected chi connectivity index (χ4v) is 1.31. The Labute approximate surface area is 101 Å². The zero-order valence-electron chi connectivity index (χ0n) is 10.1. The van der Waals surface area contributed by atoms with Crippen LogP contribution in [-0.4, -0.2) is 25.2 Å². The number of carbonyl (C=O) groups excluding carboxylic acids is 2. The summed E-state index contributed by atoms with van der Waals surface area (Å²) in [4.78, 5) is 21.0. The highest BCUT2D eigenvalue weighted by atomic mass is 16.5. The molecule has 94 valence electrons. The predicted molar refractivity (Wildman–Crippen MR) is 63.3 cm³/mol. The van der Waals surface area contributed by atoms with Crippen LogP contribution in [0.4, 0.5) is 0 Å². The van der Waals surface area contributed by atoms with E-state index in [0.29, 0.717) is 0 Å². The molecule has 1 fully saturated rings. The van der Waals surface area contributed by atoms with E-state index >= 15 is 0 Å². The van der Waals surface area contributed by atoms with E-state index < -0.39 is 0 Å². The third-order valence-electron chi connectivity index (χ3n) is 2.75. The summed E-state index contributed by atoms with van der Waals surface area (Å²) in [5.41, 5.74) is 0.826. The van der Waals surface area contributed by atoms with Crippen molar-refractivity contribution in [3.05, 3.63) is 24.3 Å². The summed E-state index contributed by atoms with van der Waals surface area (Å²) < 4.78 is 9.33. The molecule has 1 saturated carbocycles. The number of rotatable bonds is 3. The Hall–Kier alpha value is -1.58. The van der Waals surface area contributed by atoms with Crippen molar-refractivity contribution in [1.29, 1.82) is 0 Å². The van der Waals surface area contributed by atoms with Crippen molar-refractivity contribution in [2.24, 2.45) is 0 Å². The molecule has 0 atom stereocenters. The standard InChI is InChI=1S/C7H10O2.C6H8O2/c1-2-7(8)9-6-4-3-5-6;1-8-6(7)5-3-2-4-5/h2,6H,1,3-5H2;3H,2,4H2,1H3. The van der Waals surface area contributed by atoms with Gasteiger partial charge >= 0.3 is 11.9 Å². The van der Waals surface area contributed by atoms with Gasteiger partial charge < -0.3 is 9.47 Å². The maximum absolute atomic E-state index is 10.5. The van der Waals surface area contributed by atoms with Crippen LogP contribution in [0.15, 0.2) is 24.3 Å². The van der Waals surface area contributed by atoms with E-state index in [1.165, 1.54) is 19.6 Å². The molecular weight excluding hydrogens is 220 g/mol. The molecule has 4 nitrogen and oxygen atoms in total. The van der Waals surface area contributed by atoms with Crippen molar-refractivity contribution in [1.82, 2.24) is 0 Å². The second-order valence-corrected chi connectivity index (χ2v) is 3.95. The molecule has 0 aromatic rings. The minimum atomic E-state index is -0.292. The molecule has 0 aromatic carbocycles. The van der Waals surface area contributed by atoms with Crippen LogP contribution in [-0.2, 0) is 19.1 Å². The van der Waals surface area contributed by atoms with Crippen LogP contribution < -0.4 is 0 Å². The van der Waals surface area contributed by atoms with E-state index in [-0.39, 0.29) is 18.0 Å². The molecule has 0 saturated heterocycles. The lowest BCUT2D eigenvalue weighted by molar-refractivity contribution is -0.146. The first-order chi connectivity index (χ1) is 8.17. The SMILES string of the molecule is C=CC(=O)OC1CCC1.COC(=O)C1=CCC1. The molecule has 0 aromatic heterocycles.